The van der Waals surface area contributed by atoms with E-state index < -0.39 is 17.6 Å². The molecular weight excluding hydrogens is 364 g/mol. The van der Waals surface area contributed by atoms with E-state index in [2.05, 4.69) is 30.5 Å². The molecule has 10 heteroatoms. The monoisotopic (exact) mass is 380 g/mol. The average molecular weight is 380 g/mol. The van der Waals surface area contributed by atoms with Crippen molar-refractivity contribution in [2.24, 2.45) is 0 Å². The van der Waals surface area contributed by atoms with Crippen molar-refractivity contribution in [1.82, 2.24) is 30.5 Å². The Morgan fingerprint density at radius 3 is 3.00 bits per heavy atom. The highest BCUT2D eigenvalue weighted by atomic mass is 16.5. The smallest absolute Gasteiger partial charge is 0.340 e. The molecule has 3 heterocycles. The highest BCUT2D eigenvalue weighted by Gasteiger charge is 2.18. The van der Waals surface area contributed by atoms with Crippen molar-refractivity contribution in [3.63, 3.8) is 0 Å². The predicted octanol–water partition coefficient (Wildman–Crippen LogP) is 1.70. The molecule has 0 aliphatic carbocycles. The van der Waals surface area contributed by atoms with Gasteiger partial charge in [0.15, 0.2) is 18.1 Å². The molecule has 28 heavy (non-hydrogen) atoms. The molecule has 0 aliphatic heterocycles. The molecule has 0 radical (unpaired) electrons. The first-order valence-corrected chi connectivity index (χ1v) is 8.46. The fraction of sp³-hybridized carbons (Fsp3) is 0.167. The third kappa shape index (κ3) is 3.61. The van der Waals surface area contributed by atoms with Gasteiger partial charge in [0.1, 0.15) is 17.5 Å². The summed E-state index contributed by atoms with van der Waals surface area (Å²) in [6.07, 6.45) is 2.94. The SMILES string of the molecule is CC(NC(=O)c1coc(COc2cccc3cccnc23)n1)c1n[nH]c(=O)[nH]1. The number of para-hydroxylation sites is 1. The Hall–Kier alpha value is -3.95. The van der Waals surface area contributed by atoms with Gasteiger partial charge in [-0.3, -0.25) is 14.8 Å². The highest BCUT2D eigenvalue weighted by molar-refractivity contribution is 5.92. The van der Waals surface area contributed by atoms with Crippen molar-refractivity contribution in [3.05, 3.63) is 70.7 Å². The number of H-pyrrole nitrogens is 2. The van der Waals surface area contributed by atoms with Crippen LogP contribution in [0.1, 0.15) is 35.2 Å². The number of carbonyl (C=O) groups is 1. The molecule has 0 bridgehead atoms. The van der Waals surface area contributed by atoms with Crippen LogP contribution in [0.25, 0.3) is 10.9 Å². The van der Waals surface area contributed by atoms with Gasteiger partial charge in [-0.25, -0.2) is 14.9 Å². The third-order valence-electron chi connectivity index (χ3n) is 4.01. The number of aromatic amines is 2. The Kier molecular flexibility index (Phi) is 4.58. The van der Waals surface area contributed by atoms with Crippen molar-refractivity contribution in [3.8, 4) is 5.75 Å². The van der Waals surface area contributed by atoms with Gasteiger partial charge in [-0.2, -0.15) is 5.10 Å². The Bertz CT molecular complexity index is 1170. The van der Waals surface area contributed by atoms with E-state index in [4.69, 9.17) is 9.15 Å². The number of rotatable bonds is 6. The van der Waals surface area contributed by atoms with E-state index in [1.165, 1.54) is 6.26 Å². The van der Waals surface area contributed by atoms with Crippen molar-refractivity contribution >= 4 is 16.8 Å². The zero-order valence-corrected chi connectivity index (χ0v) is 14.8. The van der Waals surface area contributed by atoms with Crippen LogP contribution in [0.3, 0.4) is 0 Å². The van der Waals surface area contributed by atoms with E-state index >= 15 is 0 Å². The van der Waals surface area contributed by atoms with E-state index in [1.807, 2.05) is 24.3 Å². The zero-order chi connectivity index (χ0) is 19.5. The number of nitrogens with one attached hydrogen (secondary N) is 3. The minimum absolute atomic E-state index is 0.0468. The Morgan fingerprint density at radius 1 is 1.32 bits per heavy atom. The molecule has 0 saturated heterocycles. The summed E-state index contributed by atoms with van der Waals surface area (Å²) in [5, 5.41) is 9.65. The van der Waals surface area contributed by atoms with Gasteiger partial charge in [-0.1, -0.05) is 18.2 Å². The summed E-state index contributed by atoms with van der Waals surface area (Å²) in [6, 6.07) is 8.90. The van der Waals surface area contributed by atoms with Gasteiger partial charge in [-0.15, -0.1) is 0 Å². The Morgan fingerprint density at radius 2 is 2.18 bits per heavy atom. The molecule has 0 spiro atoms. The molecule has 0 fully saturated rings. The number of nitrogens with zero attached hydrogens (tertiary/aromatic N) is 3. The fourth-order valence-electron chi connectivity index (χ4n) is 2.64. The van der Waals surface area contributed by atoms with Crippen LogP contribution in [-0.4, -0.2) is 31.1 Å². The number of carbonyl (C=O) groups excluding carboxylic acids is 1. The number of hydrogen-bond acceptors (Lipinski definition) is 7. The van der Waals surface area contributed by atoms with Gasteiger partial charge in [0.05, 0.1) is 6.04 Å². The van der Waals surface area contributed by atoms with E-state index in [0.29, 0.717) is 11.6 Å². The number of ether oxygens (including phenoxy) is 1. The minimum Gasteiger partial charge on any atom is -0.482 e. The maximum absolute atomic E-state index is 12.3. The molecule has 3 aromatic heterocycles. The zero-order valence-electron chi connectivity index (χ0n) is 14.8. The van der Waals surface area contributed by atoms with Crippen LogP contribution in [0.5, 0.6) is 5.75 Å². The van der Waals surface area contributed by atoms with Gasteiger partial charge < -0.3 is 14.5 Å². The van der Waals surface area contributed by atoms with E-state index in [0.717, 1.165) is 10.9 Å². The van der Waals surface area contributed by atoms with Crippen LogP contribution in [-0.2, 0) is 6.61 Å². The van der Waals surface area contributed by atoms with Crippen molar-refractivity contribution in [2.75, 3.05) is 0 Å². The number of amides is 1. The third-order valence-corrected chi connectivity index (χ3v) is 4.01. The molecule has 0 aliphatic rings. The molecule has 3 N–H and O–H groups in total. The van der Waals surface area contributed by atoms with Gasteiger partial charge in [0, 0.05) is 11.6 Å². The quantitative estimate of drug-likeness (QED) is 0.463. The largest absolute Gasteiger partial charge is 0.482 e. The number of pyridine rings is 1. The summed E-state index contributed by atoms with van der Waals surface area (Å²) in [5.41, 5.74) is 0.385. The first kappa shape index (κ1) is 17.5. The van der Waals surface area contributed by atoms with Crippen LogP contribution in [0.4, 0.5) is 0 Å². The highest BCUT2D eigenvalue weighted by Crippen LogP contribution is 2.23. The van der Waals surface area contributed by atoms with Gasteiger partial charge in [-0.05, 0) is 19.1 Å². The van der Waals surface area contributed by atoms with Crippen LogP contribution in [0.2, 0.25) is 0 Å². The van der Waals surface area contributed by atoms with Crippen LogP contribution in [0.15, 0.2) is 52.0 Å². The molecule has 4 rings (SSSR count). The lowest BCUT2D eigenvalue weighted by Gasteiger charge is -2.08. The summed E-state index contributed by atoms with van der Waals surface area (Å²) in [4.78, 5) is 34.3. The molecular formula is C18H16N6O4. The lowest BCUT2D eigenvalue weighted by molar-refractivity contribution is 0.0933. The first-order valence-electron chi connectivity index (χ1n) is 8.46. The lowest BCUT2D eigenvalue weighted by atomic mass is 10.2. The minimum atomic E-state index is -0.510. The number of hydrogen-bond donors (Lipinski definition) is 3. The first-order chi connectivity index (χ1) is 13.6. The molecule has 0 saturated carbocycles. The predicted molar refractivity (Wildman–Crippen MR) is 97.7 cm³/mol. The molecule has 1 aromatic carbocycles. The van der Waals surface area contributed by atoms with Crippen LogP contribution >= 0.6 is 0 Å². The van der Waals surface area contributed by atoms with Crippen molar-refractivity contribution in [2.45, 2.75) is 19.6 Å². The second-order valence-electron chi connectivity index (χ2n) is 6.00. The summed E-state index contributed by atoms with van der Waals surface area (Å²) >= 11 is 0. The van der Waals surface area contributed by atoms with Gasteiger partial charge in [0.2, 0.25) is 5.89 Å². The van der Waals surface area contributed by atoms with Gasteiger partial charge in [0.25, 0.3) is 5.91 Å². The Balaban J connectivity index is 1.41. The van der Waals surface area contributed by atoms with Crippen LogP contribution < -0.4 is 15.7 Å². The molecule has 1 atom stereocenters. The summed E-state index contributed by atoms with van der Waals surface area (Å²) in [5.74, 6) is 0.698. The summed E-state index contributed by atoms with van der Waals surface area (Å²) in [7, 11) is 0. The number of fused-ring (bicyclic) bond motifs is 1. The number of oxazole rings is 1. The molecule has 1 amide bonds. The van der Waals surface area contributed by atoms with Crippen LogP contribution in [0, 0.1) is 0 Å². The standard InChI is InChI=1S/C18H16N6O4/c1-10(16-22-18(26)24-23-16)20-17(25)12-8-28-14(21-12)9-27-13-6-2-4-11-5-3-7-19-15(11)13/h2-8,10H,9H2,1H3,(H,20,25)(H2,22,23,24,26). The van der Waals surface area contributed by atoms with Crippen molar-refractivity contribution in [1.29, 1.82) is 0 Å². The summed E-state index contributed by atoms with van der Waals surface area (Å²) < 4.78 is 11.1. The van der Waals surface area contributed by atoms with Gasteiger partial charge >= 0.3 is 5.69 Å². The van der Waals surface area contributed by atoms with E-state index in [9.17, 15) is 9.59 Å². The molecule has 4 aromatic rings. The normalized spacial score (nSPS) is 12.0. The Labute approximate surface area is 158 Å². The maximum Gasteiger partial charge on any atom is 0.340 e. The fourth-order valence-corrected chi connectivity index (χ4v) is 2.64. The summed E-state index contributed by atoms with van der Waals surface area (Å²) in [6.45, 7) is 1.73. The number of aromatic nitrogens is 5. The molecule has 10 nitrogen and oxygen atoms in total. The second-order valence-corrected chi connectivity index (χ2v) is 6.00. The second kappa shape index (κ2) is 7.35. The van der Waals surface area contributed by atoms with Crippen molar-refractivity contribution < 1.29 is 13.9 Å². The molecule has 142 valence electrons. The van der Waals surface area contributed by atoms with E-state index in [-0.39, 0.29) is 18.2 Å². The molecule has 1 unspecified atom stereocenters. The maximum atomic E-state index is 12.3. The number of benzene rings is 1. The average Bonchev–Trinajstić information content (AvgIpc) is 3.35. The van der Waals surface area contributed by atoms with E-state index in [1.54, 1.807) is 19.2 Å². The lowest BCUT2D eigenvalue weighted by Crippen LogP contribution is -2.28. The topological polar surface area (TPSA) is 139 Å².